The highest BCUT2D eigenvalue weighted by atomic mass is 16.3. The molecule has 130 valence electrons. The summed E-state index contributed by atoms with van der Waals surface area (Å²) in [4.78, 5) is 0. The molecule has 1 aliphatic carbocycles. The first-order valence-corrected chi connectivity index (χ1v) is 9.33. The second-order valence-corrected chi connectivity index (χ2v) is 6.99. The van der Waals surface area contributed by atoms with Crippen LogP contribution in [0.1, 0.15) is 69.3 Å². The molecule has 1 heterocycles. The molecule has 0 aliphatic heterocycles. The maximum absolute atomic E-state index is 9.59. The first-order valence-electron chi connectivity index (χ1n) is 9.33. The molecular weight excluding hydrogens is 298 g/mol. The summed E-state index contributed by atoms with van der Waals surface area (Å²) in [6.45, 7) is 2.58. The Hall–Kier alpha value is -1.58. The van der Waals surface area contributed by atoms with Crippen LogP contribution >= 0.6 is 0 Å². The average molecular weight is 327 g/mol. The van der Waals surface area contributed by atoms with E-state index >= 15 is 0 Å². The lowest BCUT2D eigenvalue weighted by Gasteiger charge is -2.20. The van der Waals surface area contributed by atoms with E-state index in [2.05, 4.69) is 11.4 Å². The molecule has 3 heteroatoms. The van der Waals surface area contributed by atoms with Crippen LogP contribution in [0.2, 0.25) is 0 Å². The summed E-state index contributed by atoms with van der Waals surface area (Å²) in [5.41, 5.74) is 1.98. The number of aliphatic hydroxyl groups is 1. The third kappa shape index (κ3) is 4.71. The zero-order chi connectivity index (χ0) is 16.8. The molecule has 1 aromatic carbocycles. The Kier molecular flexibility index (Phi) is 6.11. The van der Waals surface area contributed by atoms with Gasteiger partial charge in [0.25, 0.3) is 0 Å². The van der Waals surface area contributed by atoms with Crippen LogP contribution < -0.4 is 5.32 Å². The Morgan fingerprint density at radius 3 is 2.33 bits per heavy atom. The van der Waals surface area contributed by atoms with Crippen molar-refractivity contribution in [1.29, 1.82) is 0 Å². The van der Waals surface area contributed by atoms with Crippen LogP contribution in [0.5, 0.6) is 0 Å². The zero-order valence-corrected chi connectivity index (χ0v) is 14.6. The van der Waals surface area contributed by atoms with Crippen LogP contribution in [-0.2, 0) is 6.54 Å². The molecular formula is C21H29NO2. The van der Waals surface area contributed by atoms with Crippen LogP contribution in [0.25, 0.3) is 11.3 Å². The lowest BCUT2D eigenvalue weighted by Crippen LogP contribution is -2.29. The molecule has 1 atom stereocenters. The number of hydrogen-bond acceptors (Lipinski definition) is 3. The van der Waals surface area contributed by atoms with E-state index in [0.29, 0.717) is 6.04 Å². The van der Waals surface area contributed by atoms with Gasteiger partial charge < -0.3 is 14.8 Å². The van der Waals surface area contributed by atoms with Gasteiger partial charge in [-0.2, -0.15) is 0 Å². The van der Waals surface area contributed by atoms with E-state index in [9.17, 15) is 5.11 Å². The largest absolute Gasteiger partial charge is 0.460 e. The van der Waals surface area contributed by atoms with Gasteiger partial charge in [0.2, 0.25) is 0 Å². The van der Waals surface area contributed by atoms with E-state index in [4.69, 9.17) is 4.42 Å². The van der Waals surface area contributed by atoms with Gasteiger partial charge in [0.1, 0.15) is 11.5 Å². The predicted octanol–water partition coefficient (Wildman–Crippen LogP) is 5.20. The van der Waals surface area contributed by atoms with Crippen molar-refractivity contribution < 1.29 is 9.52 Å². The van der Waals surface area contributed by atoms with Crippen LogP contribution in [-0.4, -0.2) is 11.1 Å². The number of furan rings is 1. The summed E-state index contributed by atoms with van der Waals surface area (Å²) in [6, 6.07) is 12.6. The molecule has 1 aliphatic rings. The summed E-state index contributed by atoms with van der Waals surface area (Å²) < 4.78 is 5.99. The maximum Gasteiger partial charge on any atom is 0.134 e. The molecule has 2 aromatic rings. The normalized spacial score (nSPS) is 18.1. The maximum atomic E-state index is 9.59. The van der Waals surface area contributed by atoms with Gasteiger partial charge in [-0.25, -0.2) is 0 Å². The highest BCUT2D eigenvalue weighted by Gasteiger charge is 2.12. The molecule has 24 heavy (non-hydrogen) atoms. The van der Waals surface area contributed by atoms with E-state index in [1.165, 1.54) is 44.9 Å². The van der Waals surface area contributed by atoms with Gasteiger partial charge in [-0.15, -0.1) is 0 Å². The number of benzene rings is 1. The van der Waals surface area contributed by atoms with Crippen molar-refractivity contribution in [1.82, 2.24) is 5.32 Å². The molecule has 0 spiro atoms. The summed E-state index contributed by atoms with van der Waals surface area (Å²) in [5.74, 6) is 1.88. The first kappa shape index (κ1) is 17.2. The number of nitrogens with one attached hydrogen (secondary N) is 1. The van der Waals surface area contributed by atoms with E-state index in [1.54, 1.807) is 6.92 Å². The molecule has 2 N–H and O–H groups in total. The van der Waals surface area contributed by atoms with Gasteiger partial charge in [0.05, 0.1) is 12.6 Å². The minimum atomic E-state index is -0.431. The molecule has 0 bridgehead atoms. The molecule has 3 rings (SSSR count). The summed E-state index contributed by atoms with van der Waals surface area (Å²) in [7, 11) is 0. The van der Waals surface area contributed by atoms with Crippen molar-refractivity contribution in [3.05, 3.63) is 47.7 Å². The number of hydrogen-bond donors (Lipinski definition) is 2. The van der Waals surface area contributed by atoms with Crippen molar-refractivity contribution in [3.8, 4) is 11.3 Å². The van der Waals surface area contributed by atoms with Crippen LogP contribution in [0, 0.1) is 0 Å². The fourth-order valence-electron chi connectivity index (χ4n) is 3.46. The van der Waals surface area contributed by atoms with E-state index < -0.39 is 6.10 Å². The van der Waals surface area contributed by atoms with Crippen LogP contribution in [0.3, 0.4) is 0 Å². The van der Waals surface area contributed by atoms with Crippen molar-refractivity contribution >= 4 is 0 Å². The van der Waals surface area contributed by atoms with E-state index in [-0.39, 0.29) is 0 Å². The van der Waals surface area contributed by atoms with Gasteiger partial charge in [-0.05, 0) is 37.5 Å². The Bertz CT molecular complexity index is 607. The van der Waals surface area contributed by atoms with Crippen LogP contribution in [0.4, 0.5) is 0 Å². The van der Waals surface area contributed by atoms with Gasteiger partial charge in [0.15, 0.2) is 0 Å². The Morgan fingerprint density at radius 2 is 1.67 bits per heavy atom. The number of rotatable bonds is 5. The average Bonchev–Trinajstić information content (AvgIpc) is 3.03. The highest BCUT2D eigenvalue weighted by Crippen LogP contribution is 2.24. The Balaban J connectivity index is 1.56. The van der Waals surface area contributed by atoms with Gasteiger partial charge >= 0.3 is 0 Å². The fourth-order valence-corrected chi connectivity index (χ4v) is 3.46. The standard InChI is InChI=1S/C21H29NO2/c1-16(23)17-9-11-18(12-10-17)21-14-13-20(24-21)15-22-19-7-5-3-2-4-6-8-19/h9-14,16,19,22-23H,2-8,15H2,1H3/t16-/m1/s1. The fraction of sp³-hybridized carbons (Fsp3) is 0.524. The monoisotopic (exact) mass is 327 g/mol. The second kappa shape index (κ2) is 8.50. The molecule has 0 radical (unpaired) electrons. The van der Waals surface area contributed by atoms with Crippen molar-refractivity contribution in [3.63, 3.8) is 0 Å². The first-order chi connectivity index (χ1) is 11.7. The van der Waals surface area contributed by atoms with E-state index in [0.717, 1.165) is 29.2 Å². The minimum absolute atomic E-state index is 0.431. The quantitative estimate of drug-likeness (QED) is 0.793. The smallest absolute Gasteiger partial charge is 0.134 e. The SMILES string of the molecule is C[C@@H](O)c1ccc(-c2ccc(CNC3CCCCCCC3)o2)cc1. The molecule has 1 fully saturated rings. The van der Waals surface area contributed by atoms with Gasteiger partial charge in [0, 0.05) is 11.6 Å². The molecule has 3 nitrogen and oxygen atoms in total. The Labute approximate surface area is 145 Å². The lowest BCUT2D eigenvalue weighted by atomic mass is 9.97. The zero-order valence-electron chi connectivity index (χ0n) is 14.6. The van der Waals surface area contributed by atoms with E-state index in [1.807, 2.05) is 30.3 Å². The number of aliphatic hydroxyl groups excluding tert-OH is 1. The third-order valence-corrected chi connectivity index (χ3v) is 5.01. The van der Waals surface area contributed by atoms with Gasteiger partial charge in [-0.3, -0.25) is 0 Å². The van der Waals surface area contributed by atoms with Crippen molar-refractivity contribution in [2.24, 2.45) is 0 Å². The third-order valence-electron chi connectivity index (χ3n) is 5.01. The van der Waals surface area contributed by atoms with Gasteiger partial charge in [-0.1, -0.05) is 56.4 Å². The highest BCUT2D eigenvalue weighted by molar-refractivity contribution is 5.58. The summed E-state index contributed by atoms with van der Waals surface area (Å²) in [5, 5.41) is 13.3. The minimum Gasteiger partial charge on any atom is -0.460 e. The molecule has 1 saturated carbocycles. The summed E-state index contributed by atoms with van der Waals surface area (Å²) in [6.07, 6.45) is 8.99. The lowest BCUT2D eigenvalue weighted by molar-refractivity contribution is 0.199. The van der Waals surface area contributed by atoms with Crippen LogP contribution in [0.15, 0.2) is 40.8 Å². The second-order valence-electron chi connectivity index (χ2n) is 6.99. The molecule has 1 aromatic heterocycles. The topological polar surface area (TPSA) is 45.4 Å². The Morgan fingerprint density at radius 1 is 1.00 bits per heavy atom. The molecule has 0 unspecified atom stereocenters. The van der Waals surface area contributed by atoms with Crippen molar-refractivity contribution in [2.45, 2.75) is 70.6 Å². The molecule has 0 amide bonds. The predicted molar refractivity (Wildman–Crippen MR) is 97.7 cm³/mol. The van der Waals surface area contributed by atoms with Crippen molar-refractivity contribution in [2.75, 3.05) is 0 Å². The summed E-state index contributed by atoms with van der Waals surface area (Å²) >= 11 is 0. The molecule has 0 saturated heterocycles.